The first-order valence-electron chi connectivity index (χ1n) is 6.57. The molecule has 0 aliphatic carbocycles. The third-order valence-corrected chi connectivity index (χ3v) is 3.13. The van der Waals surface area contributed by atoms with Crippen LogP contribution in [0, 0.1) is 11.3 Å². The predicted molar refractivity (Wildman–Crippen MR) is 70.0 cm³/mol. The number of nitriles is 1. The monoisotopic (exact) mass is 354 g/mol. The van der Waals surface area contributed by atoms with E-state index in [2.05, 4.69) is 0 Å². The minimum absolute atomic E-state index is 0.0345. The number of carbonyl (C=O) groups is 1. The second kappa shape index (κ2) is 7.53. The molecule has 0 heterocycles. The third-order valence-electron chi connectivity index (χ3n) is 3.13. The standard InChI is InChI=1S/C14H12F6N2O2/c15-13(16,17)10-5-8(1-3-9(10)6-21)2-4-11(14(18,19)20)22-7-12(23)24/h1,3,5,11,22H,2,4,7H2,(H,23,24). The van der Waals surface area contributed by atoms with E-state index in [1.807, 2.05) is 0 Å². The van der Waals surface area contributed by atoms with Gasteiger partial charge in [-0.25, -0.2) is 0 Å². The summed E-state index contributed by atoms with van der Waals surface area (Å²) in [5.74, 6) is -1.48. The number of benzene rings is 1. The van der Waals surface area contributed by atoms with Gasteiger partial charge >= 0.3 is 18.3 Å². The predicted octanol–water partition coefficient (Wildman–Crippen LogP) is 3.11. The highest BCUT2D eigenvalue weighted by Crippen LogP contribution is 2.33. The zero-order chi connectivity index (χ0) is 18.5. The van der Waals surface area contributed by atoms with Crippen LogP contribution in [-0.2, 0) is 17.4 Å². The minimum atomic E-state index is -4.80. The quantitative estimate of drug-likeness (QED) is 0.770. The van der Waals surface area contributed by atoms with E-state index < -0.39 is 48.5 Å². The number of hydrogen-bond acceptors (Lipinski definition) is 3. The number of aliphatic carboxylic acids is 1. The maximum absolute atomic E-state index is 12.8. The maximum Gasteiger partial charge on any atom is 0.417 e. The number of aryl methyl sites for hydroxylation is 1. The van der Waals surface area contributed by atoms with Crippen LogP contribution in [0.15, 0.2) is 18.2 Å². The van der Waals surface area contributed by atoms with Crippen molar-refractivity contribution in [3.8, 4) is 6.07 Å². The fourth-order valence-electron chi connectivity index (χ4n) is 1.98. The van der Waals surface area contributed by atoms with Gasteiger partial charge in [-0.05, 0) is 30.5 Å². The molecule has 1 unspecified atom stereocenters. The molecule has 0 radical (unpaired) electrons. The van der Waals surface area contributed by atoms with E-state index in [4.69, 9.17) is 10.4 Å². The lowest BCUT2D eigenvalue weighted by atomic mass is 9.99. The summed E-state index contributed by atoms with van der Waals surface area (Å²) >= 11 is 0. The van der Waals surface area contributed by atoms with E-state index in [1.165, 1.54) is 6.07 Å². The molecular weight excluding hydrogens is 342 g/mol. The Balaban J connectivity index is 2.92. The van der Waals surface area contributed by atoms with Gasteiger partial charge in [0, 0.05) is 0 Å². The van der Waals surface area contributed by atoms with Crippen LogP contribution >= 0.6 is 0 Å². The number of carboxylic acid groups (broad SMARTS) is 1. The van der Waals surface area contributed by atoms with Gasteiger partial charge in [-0.1, -0.05) is 6.07 Å². The normalized spacial score (nSPS) is 13.4. The Morgan fingerprint density at radius 1 is 1.25 bits per heavy atom. The molecule has 0 aliphatic rings. The van der Waals surface area contributed by atoms with E-state index >= 15 is 0 Å². The van der Waals surface area contributed by atoms with Gasteiger partial charge in [0.15, 0.2) is 0 Å². The van der Waals surface area contributed by atoms with Gasteiger partial charge in [0.25, 0.3) is 0 Å². The Bertz CT molecular complexity index is 634. The van der Waals surface area contributed by atoms with Crippen LogP contribution in [-0.4, -0.2) is 29.8 Å². The molecule has 0 fully saturated rings. The second-order valence-corrected chi connectivity index (χ2v) is 4.90. The average molecular weight is 354 g/mol. The Hall–Kier alpha value is -2.28. The first-order valence-corrected chi connectivity index (χ1v) is 6.57. The van der Waals surface area contributed by atoms with E-state index in [9.17, 15) is 31.1 Å². The molecule has 1 atom stereocenters. The highest BCUT2D eigenvalue weighted by atomic mass is 19.4. The molecule has 2 N–H and O–H groups in total. The fraction of sp³-hybridized carbons (Fsp3) is 0.429. The van der Waals surface area contributed by atoms with Gasteiger partial charge in [-0.2, -0.15) is 31.6 Å². The van der Waals surface area contributed by atoms with Crippen LogP contribution in [0.2, 0.25) is 0 Å². The lowest BCUT2D eigenvalue weighted by Gasteiger charge is -2.21. The van der Waals surface area contributed by atoms with Crippen molar-refractivity contribution in [2.45, 2.75) is 31.2 Å². The minimum Gasteiger partial charge on any atom is -0.480 e. The first-order chi connectivity index (χ1) is 10.9. The second-order valence-electron chi connectivity index (χ2n) is 4.90. The van der Waals surface area contributed by atoms with Crippen LogP contribution in [0.4, 0.5) is 26.3 Å². The van der Waals surface area contributed by atoms with Crippen LogP contribution in [0.25, 0.3) is 0 Å². The third kappa shape index (κ3) is 5.73. The van der Waals surface area contributed by atoms with Crippen LogP contribution in [0.1, 0.15) is 23.1 Å². The summed E-state index contributed by atoms with van der Waals surface area (Å²) in [6.07, 6.45) is -10.5. The number of halogens is 6. The van der Waals surface area contributed by atoms with Crippen LogP contribution < -0.4 is 5.32 Å². The number of nitrogens with one attached hydrogen (secondary N) is 1. The summed E-state index contributed by atoms with van der Waals surface area (Å²) in [5, 5.41) is 18.9. The van der Waals surface area contributed by atoms with E-state index in [-0.39, 0.29) is 12.0 Å². The van der Waals surface area contributed by atoms with Crippen molar-refractivity contribution in [2.75, 3.05) is 6.54 Å². The van der Waals surface area contributed by atoms with Gasteiger partial charge in [-0.3, -0.25) is 10.1 Å². The van der Waals surface area contributed by atoms with E-state index in [0.717, 1.165) is 12.1 Å². The topological polar surface area (TPSA) is 73.1 Å². The van der Waals surface area contributed by atoms with Gasteiger partial charge in [0.05, 0.1) is 23.7 Å². The molecule has 1 aromatic rings. The first kappa shape index (κ1) is 19.8. The van der Waals surface area contributed by atoms with Crippen molar-refractivity contribution in [3.05, 3.63) is 34.9 Å². The molecule has 1 rings (SSSR count). The van der Waals surface area contributed by atoms with E-state index in [1.54, 1.807) is 5.32 Å². The summed E-state index contributed by atoms with van der Waals surface area (Å²) in [4.78, 5) is 10.3. The maximum atomic E-state index is 12.8. The van der Waals surface area contributed by atoms with Gasteiger partial charge in [0.2, 0.25) is 0 Å². The van der Waals surface area contributed by atoms with Crippen molar-refractivity contribution in [3.63, 3.8) is 0 Å². The molecule has 0 saturated carbocycles. The molecule has 0 aromatic heterocycles. The molecule has 0 amide bonds. The molecule has 0 saturated heterocycles. The smallest absolute Gasteiger partial charge is 0.417 e. The molecule has 24 heavy (non-hydrogen) atoms. The Kier molecular flexibility index (Phi) is 6.20. The molecule has 10 heteroatoms. The summed E-state index contributed by atoms with van der Waals surface area (Å²) in [7, 11) is 0. The Morgan fingerprint density at radius 2 is 1.88 bits per heavy atom. The van der Waals surface area contributed by atoms with Crippen LogP contribution in [0.3, 0.4) is 0 Å². The SMILES string of the molecule is N#Cc1ccc(CCC(NCC(=O)O)C(F)(F)F)cc1C(F)(F)F. The Morgan fingerprint density at radius 3 is 2.33 bits per heavy atom. The number of rotatable bonds is 6. The highest BCUT2D eigenvalue weighted by Gasteiger charge is 2.39. The Labute approximate surface area is 132 Å². The number of nitrogens with zero attached hydrogens (tertiary/aromatic N) is 1. The number of carboxylic acids is 1. The lowest BCUT2D eigenvalue weighted by Crippen LogP contribution is -2.44. The molecule has 132 valence electrons. The largest absolute Gasteiger partial charge is 0.480 e. The zero-order valence-electron chi connectivity index (χ0n) is 12.0. The van der Waals surface area contributed by atoms with Gasteiger partial charge < -0.3 is 5.11 Å². The van der Waals surface area contributed by atoms with Crippen molar-refractivity contribution >= 4 is 5.97 Å². The van der Waals surface area contributed by atoms with Crippen LogP contribution in [0.5, 0.6) is 0 Å². The molecule has 4 nitrogen and oxygen atoms in total. The summed E-state index contributed by atoms with van der Waals surface area (Å²) in [5.41, 5.74) is -1.88. The van der Waals surface area contributed by atoms with Crippen molar-refractivity contribution in [2.24, 2.45) is 0 Å². The molecule has 0 aliphatic heterocycles. The lowest BCUT2D eigenvalue weighted by molar-refractivity contribution is -0.159. The zero-order valence-corrected chi connectivity index (χ0v) is 12.0. The van der Waals surface area contributed by atoms with Gasteiger partial charge in [-0.15, -0.1) is 0 Å². The molecular formula is C14H12F6N2O2. The fourth-order valence-corrected chi connectivity index (χ4v) is 1.98. The van der Waals surface area contributed by atoms with Crippen molar-refractivity contribution < 1.29 is 36.2 Å². The molecule has 0 bridgehead atoms. The average Bonchev–Trinajstić information content (AvgIpc) is 2.44. The number of alkyl halides is 6. The number of hydrogen-bond donors (Lipinski definition) is 2. The van der Waals surface area contributed by atoms with E-state index in [0.29, 0.717) is 6.07 Å². The summed E-state index contributed by atoms with van der Waals surface area (Å²) < 4.78 is 76.8. The molecule has 1 aromatic carbocycles. The summed E-state index contributed by atoms with van der Waals surface area (Å²) in [6, 6.07) is 1.87. The van der Waals surface area contributed by atoms with Crippen molar-refractivity contribution in [1.29, 1.82) is 5.26 Å². The molecule has 0 spiro atoms. The summed E-state index contributed by atoms with van der Waals surface area (Å²) in [6.45, 7) is -0.925. The highest BCUT2D eigenvalue weighted by molar-refractivity contribution is 5.69. The van der Waals surface area contributed by atoms with Crippen molar-refractivity contribution in [1.82, 2.24) is 5.32 Å². The van der Waals surface area contributed by atoms with Gasteiger partial charge in [0.1, 0.15) is 6.04 Å².